The largest absolute Gasteiger partial charge is 0.394 e. The number of rotatable bonds is 4. The number of carbonyl (C=O) groups excluding carboxylic acids is 2. The fourth-order valence-corrected chi connectivity index (χ4v) is 3.27. The Morgan fingerprint density at radius 3 is 2.80 bits per heavy atom. The van der Waals surface area contributed by atoms with Crippen LogP contribution in [0, 0.1) is 11.8 Å². The molecule has 2 aliphatic rings. The van der Waals surface area contributed by atoms with Crippen LogP contribution in [-0.4, -0.2) is 59.0 Å². The van der Waals surface area contributed by atoms with E-state index in [1.807, 2.05) is 4.90 Å². The molecule has 0 spiro atoms. The van der Waals surface area contributed by atoms with Gasteiger partial charge in [0, 0.05) is 26.1 Å². The molecule has 0 aliphatic carbocycles. The van der Waals surface area contributed by atoms with Crippen LogP contribution in [0.15, 0.2) is 0 Å². The normalized spacial score (nSPS) is 27.5. The molecule has 2 aliphatic heterocycles. The van der Waals surface area contributed by atoms with Gasteiger partial charge in [-0.2, -0.15) is 0 Å². The minimum atomic E-state index is -0.214. The number of amides is 2. The lowest BCUT2D eigenvalue weighted by atomic mass is 9.99. The van der Waals surface area contributed by atoms with E-state index in [0.29, 0.717) is 18.9 Å². The van der Waals surface area contributed by atoms with Crippen LogP contribution in [0.2, 0.25) is 0 Å². The molecule has 2 unspecified atom stereocenters. The third kappa shape index (κ3) is 3.32. The van der Waals surface area contributed by atoms with Gasteiger partial charge >= 0.3 is 0 Å². The standard InChI is InChI=1S/C15H26N2O3/c1-11(2)8-16-9-12(7-14(16)19)15(20)17-6-4-3-5-13(17)10-18/h11-13,18H,3-10H2,1-2H3. The van der Waals surface area contributed by atoms with Crippen LogP contribution in [0.4, 0.5) is 0 Å². The number of nitrogens with zero attached hydrogens (tertiary/aromatic N) is 2. The highest BCUT2D eigenvalue weighted by atomic mass is 16.3. The van der Waals surface area contributed by atoms with Gasteiger partial charge in [0.05, 0.1) is 18.6 Å². The van der Waals surface area contributed by atoms with Crippen molar-refractivity contribution in [2.45, 2.75) is 45.6 Å². The van der Waals surface area contributed by atoms with Crippen molar-refractivity contribution in [3.63, 3.8) is 0 Å². The minimum Gasteiger partial charge on any atom is -0.394 e. The van der Waals surface area contributed by atoms with Gasteiger partial charge < -0.3 is 14.9 Å². The Balaban J connectivity index is 1.97. The van der Waals surface area contributed by atoms with Crippen LogP contribution in [0.5, 0.6) is 0 Å². The van der Waals surface area contributed by atoms with E-state index in [2.05, 4.69) is 13.8 Å². The Morgan fingerprint density at radius 1 is 1.40 bits per heavy atom. The van der Waals surface area contributed by atoms with Crippen LogP contribution in [0.3, 0.4) is 0 Å². The van der Waals surface area contributed by atoms with Gasteiger partial charge in [-0.1, -0.05) is 13.8 Å². The van der Waals surface area contributed by atoms with Crippen molar-refractivity contribution in [3.8, 4) is 0 Å². The second-order valence-electron chi connectivity index (χ2n) is 6.46. The van der Waals surface area contributed by atoms with Gasteiger partial charge in [-0.05, 0) is 25.2 Å². The van der Waals surface area contributed by atoms with E-state index in [-0.39, 0.29) is 30.4 Å². The molecule has 0 saturated carbocycles. The first-order chi connectivity index (χ1) is 9.52. The fourth-order valence-electron chi connectivity index (χ4n) is 3.27. The lowest BCUT2D eigenvalue weighted by molar-refractivity contribution is -0.140. The second-order valence-corrected chi connectivity index (χ2v) is 6.46. The highest BCUT2D eigenvalue weighted by Gasteiger charge is 2.38. The lowest BCUT2D eigenvalue weighted by Gasteiger charge is -2.36. The monoisotopic (exact) mass is 282 g/mol. The Bertz CT molecular complexity index is 370. The smallest absolute Gasteiger partial charge is 0.228 e. The quantitative estimate of drug-likeness (QED) is 0.832. The average molecular weight is 282 g/mol. The molecule has 1 N–H and O–H groups in total. The first-order valence-electron chi connectivity index (χ1n) is 7.72. The summed E-state index contributed by atoms with van der Waals surface area (Å²) in [6.07, 6.45) is 3.27. The van der Waals surface area contributed by atoms with Gasteiger partial charge in [-0.15, -0.1) is 0 Å². The van der Waals surface area contributed by atoms with Gasteiger partial charge in [0.2, 0.25) is 11.8 Å². The first-order valence-corrected chi connectivity index (χ1v) is 7.72. The Kier molecular flexibility index (Phi) is 5.02. The highest BCUT2D eigenvalue weighted by molar-refractivity contribution is 5.89. The lowest BCUT2D eigenvalue weighted by Crippen LogP contribution is -2.48. The Hall–Kier alpha value is -1.10. The molecule has 5 heteroatoms. The molecule has 2 saturated heterocycles. The Labute approximate surface area is 120 Å². The molecule has 0 bridgehead atoms. The van der Waals surface area contributed by atoms with Crippen molar-refractivity contribution in [2.75, 3.05) is 26.2 Å². The van der Waals surface area contributed by atoms with E-state index in [4.69, 9.17) is 0 Å². The van der Waals surface area contributed by atoms with Crippen LogP contribution in [-0.2, 0) is 9.59 Å². The van der Waals surface area contributed by atoms with E-state index in [9.17, 15) is 14.7 Å². The van der Waals surface area contributed by atoms with Crippen LogP contribution >= 0.6 is 0 Å². The van der Waals surface area contributed by atoms with E-state index in [1.165, 1.54) is 0 Å². The molecule has 114 valence electrons. The summed E-state index contributed by atoms with van der Waals surface area (Å²) in [6, 6.07) is -0.0505. The van der Waals surface area contributed by atoms with Crippen LogP contribution < -0.4 is 0 Å². The van der Waals surface area contributed by atoms with Crippen molar-refractivity contribution >= 4 is 11.8 Å². The maximum absolute atomic E-state index is 12.6. The maximum atomic E-state index is 12.6. The van der Waals surface area contributed by atoms with Gasteiger partial charge in [-0.25, -0.2) is 0 Å². The summed E-state index contributed by atoms with van der Waals surface area (Å²) in [5.41, 5.74) is 0. The third-order valence-corrected chi connectivity index (χ3v) is 4.27. The zero-order valence-electron chi connectivity index (χ0n) is 12.5. The molecular formula is C15H26N2O3. The summed E-state index contributed by atoms with van der Waals surface area (Å²) in [5.74, 6) is 0.361. The Morgan fingerprint density at radius 2 is 2.15 bits per heavy atom. The molecule has 0 radical (unpaired) electrons. The van der Waals surface area contributed by atoms with E-state index >= 15 is 0 Å². The number of hydrogen-bond acceptors (Lipinski definition) is 3. The summed E-state index contributed by atoms with van der Waals surface area (Å²) in [6.45, 7) is 6.18. The highest BCUT2D eigenvalue weighted by Crippen LogP contribution is 2.25. The molecule has 5 nitrogen and oxygen atoms in total. The predicted octanol–water partition coefficient (Wildman–Crippen LogP) is 0.864. The molecule has 2 amide bonds. The first kappa shape index (κ1) is 15.3. The molecule has 0 aromatic carbocycles. The molecule has 2 atom stereocenters. The van der Waals surface area contributed by atoms with Crippen LogP contribution in [0.1, 0.15) is 39.5 Å². The number of likely N-dealkylation sites (tertiary alicyclic amines) is 2. The average Bonchev–Trinajstić information content (AvgIpc) is 2.78. The molecule has 2 rings (SSSR count). The fraction of sp³-hybridized carbons (Fsp3) is 0.867. The molecule has 2 heterocycles. The second kappa shape index (κ2) is 6.57. The SMILES string of the molecule is CC(C)CN1CC(C(=O)N2CCCCC2CO)CC1=O. The summed E-state index contributed by atoms with van der Waals surface area (Å²) in [7, 11) is 0. The van der Waals surface area contributed by atoms with Crippen molar-refractivity contribution in [1.29, 1.82) is 0 Å². The number of carbonyl (C=O) groups is 2. The summed E-state index contributed by atoms with van der Waals surface area (Å²) < 4.78 is 0. The van der Waals surface area contributed by atoms with Crippen molar-refractivity contribution < 1.29 is 14.7 Å². The number of aliphatic hydroxyl groups is 1. The number of aliphatic hydroxyl groups excluding tert-OH is 1. The van der Waals surface area contributed by atoms with Gasteiger partial charge in [0.1, 0.15) is 0 Å². The van der Waals surface area contributed by atoms with Crippen LogP contribution in [0.25, 0.3) is 0 Å². The maximum Gasteiger partial charge on any atom is 0.228 e. The molecule has 0 aromatic heterocycles. The topological polar surface area (TPSA) is 60.9 Å². The van der Waals surface area contributed by atoms with E-state index in [0.717, 1.165) is 32.4 Å². The molecular weight excluding hydrogens is 256 g/mol. The zero-order valence-corrected chi connectivity index (χ0v) is 12.5. The van der Waals surface area contributed by atoms with E-state index < -0.39 is 0 Å². The van der Waals surface area contributed by atoms with Gasteiger partial charge in [0.15, 0.2) is 0 Å². The summed E-state index contributed by atoms with van der Waals surface area (Å²) in [4.78, 5) is 28.2. The van der Waals surface area contributed by atoms with Crippen molar-refractivity contribution in [3.05, 3.63) is 0 Å². The summed E-state index contributed by atoms with van der Waals surface area (Å²) in [5, 5.41) is 9.40. The van der Waals surface area contributed by atoms with Gasteiger partial charge in [0.25, 0.3) is 0 Å². The molecule has 0 aromatic rings. The minimum absolute atomic E-state index is 0.0299. The van der Waals surface area contributed by atoms with Crippen molar-refractivity contribution in [1.82, 2.24) is 9.80 Å². The van der Waals surface area contributed by atoms with Crippen molar-refractivity contribution in [2.24, 2.45) is 11.8 Å². The molecule has 20 heavy (non-hydrogen) atoms. The predicted molar refractivity (Wildman–Crippen MR) is 76.0 cm³/mol. The number of hydrogen-bond donors (Lipinski definition) is 1. The summed E-state index contributed by atoms with van der Waals surface area (Å²) >= 11 is 0. The molecule has 2 fully saturated rings. The number of piperidine rings is 1. The van der Waals surface area contributed by atoms with Gasteiger partial charge in [-0.3, -0.25) is 9.59 Å². The van der Waals surface area contributed by atoms with E-state index in [1.54, 1.807) is 4.90 Å². The zero-order chi connectivity index (χ0) is 14.7. The third-order valence-electron chi connectivity index (χ3n) is 4.27.